The molecule has 0 aliphatic heterocycles. The van der Waals surface area contributed by atoms with Crippen LogP contribution in [-0.4, -0.2) is 13.0 Å². The maximum Gasteiger partial charge on any atom is 0.296 e. The molecule has 0 aromatic heterocycles. The molecule has 1 aromatic carbocycles. The highest BCUT2D eigenvalue weighted by atomic mass is 35.5. The van der Waals surface area contributed by atoms with Crippen LogP contribution < -0.4 is 5.73 Å². The molecular formula is C6H5ClNO3S. The van der Waals surface area contributed by atoms with Crippen LogP contribution in [0.2, 0.25) is 5.02 Å². The summed E-state index contributed by atoms with van der Waals surface area (Å²) in [7, 11) is -4.33. The van der Waals surface area contributed by atoms with E-state index >= 15 is 0 Å². The number of hydrogen-bond acceptors (Lipinski definition) is 2. The third kappa shape index (κ3) is 1.88. The first-order chi connectivity index (χ1) is 5.41. The van der Waals surface area contributed by atoms with E-state index in [9.17, 15) is 8.42 Å². The minimum absolute atomic E-state index is 0.165. The number of halogens is 1. The molecule has 1 aromatic rings. The fourth-order valence-corrected chi connectivity index (χ4v) is 1.57. The van der Waals surface area contributed by atoms with Gasteiger partial charge < -0.3 is 0 Å². The standard InChI is InChI=1S/C6H5ClNO3S/c7-4-1-2-5(8)6(3-4)12(9,10)11/h1-3,8H,(H,9,10,11). The smallest absolute Gasteiger partial charge is 0.296 e. The minimum Gasteiger partial charge on any atom is -0.299 e. The first-order valence-corrected chi connectivity index (χ1v) is 4.72. The lowest BCUT2D eigenvalue weighted by Gasteiger charge is -2.00. The Kier molecular flexibility index (Phi) is 2.27. The molecule has 0 bridgehead atoms. The summed E-state index contributed by atoms with van der Waals surface area (Å²) >= 11 is 5.46. The molecule has 0 saturated carbocycles. The van der Waals surface area contributed by atoms with Gasteiger partial charge in [-0.25, -0.2) is 0 Å². The zero-order chi connectivity index (χ0) is 9.35. The van der Waals surface area contributed by atoms with Crippen molar-refractivity contribution in [1.29, 1.82) is 0 Å². The summed E-state index contributed by atoms with van der Waals surface area (Å²) in [6, 6.07) is 3.60. The van der Waals surface area contributed by atoms with E-state index in [0.29, 0.717) is 0 Å². The van der Waals surface area contributed by atoms with Gasteiger partial charge in [-0.1, -0.05) is 11.6 Å². The molecule has 0 saturated heterocycles. The number of nitrogens with one attached hydrogen (secondary N) is 1. The molecule has 0 atom stereocenters. The lowest BCUT2D eigenvalue weighted by molar-refractivity contribution is 0.483. The Morgan fingerprint density at radius 1 is 1.42 bits per heavy atom. The van der Waals surface area contributed by atoms with Crippen molar-refractivity contribution >= 4 is 27.4 Å². The summed E-state index contributed by atoms with van der Waals surface area (Å²) < 4.78 is 29.8. The van der Waals surface area contributed by atoms with Crippen molar-refractivity contribution in [2.24, 2.45) is 0 Å². The monoisotopic (exact) mass is 206 g/mol. The minimum atomic E-state index is -4.33. The summed E-state index contributed by atoms with van der Waals surface area (Å²) in [5, 5.41) is 0.165. The molecule has 0 aliphatic carbocycles. The second-order valence-electron chi connectivity index (χ2n) is 2.12. The van der Waals surface area contributed by atoms with Crippen molar-refractivity contribution in [3.63, 3.8) is 0 Å². The predicted molar refractivity (Wildman–Crippen MR) is 44.0 cm³/mol. The molecule has 0 aliphatic rings. The first kappa shape index (κ1) is 9.31. The van der Waals surface area contributed by atoms with E-state index in [1.807, 2.05) is 0 Å². The van der Waals surface area contributed by atoms with E-state index in [1.165, 1.54) is 12.1 Å². The van der Waals surface area contributed by atoms with Crippen LogP contribution in [0.3, 0.4) is 0 Å². The van der Waals surface area contributed by atoms with Gasteiger partial charge in [-0.3, -0.25) is 10.3 Å². The molecule has 0 fully saturated rings. The van der Waals surface area contributed by atoms with Gasteiger partial charge in [0, 0.05) is 5.02 Å². The molecule has 0 spiro atoms. The zero-order valence-corrected chi connectivity index (χ0v) is 7.35. The molecular weight excluding hydrogens is 202 g/mol. The van der Waals surface area contributed by atoms with Crippen LogP contribution in [0, 0.1) is 0 Å². The second-order valence-corrected chi connectivity index (χ2v) is 3.94. The van der Waals surface area contributed by atoms with Gasteiger partial charge in [0.1, 0.15) is 4.90 Å². The average Bonchev–Trinajstić information content (AvgIpc) is 1.92. The van der Waals surface area contributed by atoms with Crippen LogP contribution in [0.25, 0.3) is 0 Å². The normalized spacial score (nSPS) is 11.5. The molecule has 2 N–H and O–H groups in total. The molecule has 65 valence electrons. The van der Waals surface area contributed by atoms with Crippen LogP contribution in [0.5, 0.6) is 0 Å². The molecule has 4 nitrogen and oxygen atoms in total. The first-order valence-electron chi connectivity index (χ1n) is 2.90. The van der Waals surface area contributed by atoms with Crippen LogP contribution in [0.4, 0.5) is 5.69 Å². The van der Waals surface area contributed by atoms with Crippen molar-refractivity contribution in [2.75, 3.05) is 0 Å². The average molecular weight is 207 g/mol. The molecule has 0 amide bonds. The largest absolute Gasteiger partial charge is 0.299 e. The van der Waals surface area contributed by atoms with Gasteiger partial charge in [-0.2, -0.15) is 8.42 Å². The second kappa shape index (κ2) is 2.93. The quantitative estimate of drug-likeness (QED) is 0.708. The van der Waals surface area contributed by atoms with Gasteiger partial charge in [0.25, 0.3) is 10.1 Å². The molecule has 6 heteroatoms. The lowest BCUT2D eigenvalue weighted by Crippen LogP contribution is -1.99. The van der Waals surface area contributed by atoms with Crippen LogP contribution in [0.1, 0.15) is 0 Å². The summed E-state index contributed by atoms with van der Waals surface area (Å²) in [5.74, 6) is 0. The van der Waals surface area contributed by atoms with Gasteiger partial charge in [-0.15, -0.1) is 0 Å². The van der Waals surface area contributed by atoms with E-state index in [4.69, 9.17) is 21.9 Å². The maximum atomic E-state index is 10.6. The van der Waals surface area contributed by atoms with Crippen molar-refractivity contribution in [2.45, 2.75) is 4.90 Å². The Bertz CT molecular complexity index is 401. The van der Waals surface area contributed by atoms with Crippen molar-refractivity contribution in [3.8, 4) is 0 Å². The summed E-state index contributed by atoms with van der Waals surface area (Å²) in [6.45, 7) is 0. The molecule has 0 heterocycles. The SMILES string of the molecule is [NH]c1ccc(Cl)cc1S(=O)(=O)O. The number of benzene rings is 1. The Labute approximate surface area is 74.7 Å². The Morgan fingerprint density at radius 2 is 2.00 bits per heavy atom. The highest BCUT2D eigenvalue weighted by Crippen LogP contribution is 2.22. The Hall–Kier alpha value is -0.780. The summed E-state index contributed by atoms with van der Waals surface area (Å²) in [6.07, 6.45) is 0. The highest BCUT2D eigenvalue weighted by Gasteiger charge is 2.13. The highest BCUT2D eigenvalue weighted by molar-refractivity contribution is 7.86. The van der Waals surface area contributed by atoms with Crippen LogP contribution in [-0.2, 0) is 10.1 Å². The van der Waals surface area contributed by atoms with Gasteiger partial charge in [0.2, 0.25) is 0 Å². The fourth-order valence-electron chi connectivity index (χ4n) is 0.710. The van der Waals surface area contributed by atoms with Crippen molar-refractivity contribution in [3.05, 3.63) is 23.2 Å². The topological polar surface area (TPSA) is 78.2 Å². The van der Waals surface area contributed by atoms with Crippen LogP contribution >= 0.6 is 11.6 Å². The van der Waals surface area contributed by atoms with Crippen molar-refractivity contribution in [1.82, 2.24) is 5.73 Å². The van der Waals surface area contributed by atoms with Crippen molar-refractivity contribution < 1.29 is 13.0 Å². The zero-order valence-electron chi connectivity index (χ0n) is 5.78. The molecule has 1 rings (SSSR count). The Balaban J connectivity index is 3.43. The van der Waals surface area contributed by atoms with E-state index in [-0.39, 0.29) is 10.7 Å². The third-order valence-electron chi connectivity index (χ3n) is 1.22. The van der Waals surface area contributed by atoms with E-state index in [1.54, 1.807) is 0 Å². The molecule has 12 heavy (non-hydrogen) atoms. The summed E-state index contributed by atoms with van der Waals surface area (Å²) in [4.78, 5) is -0.477. The van der Waals surface area contributed by atoms with Gasteiger partial charge >= 0.3 is 0 Å². The molecule has 1 radical (unpaired) electrons. The number of hydrogen-bond donors (Lipinski definition) is 1. The summed E-state index contributed by atoms with van der Waals surface area (Å²) in [5.41, 5.74) is 6.85. The van der Waals surface area contributed by atoms with E-state index in [0.717, 1.165) is 6.07 Å². The number of rotatable bonds is 1. The third-order valence-corrected chi connectivity index (χ3v) is 2.35. The fraction of sp³-hybridized carbons (Fsp3) is 0. The predicted octanol–water partition coefficient (Wildman–Crippen LogP) is 1.50. The lowest BCUT2D eigenvalue weighted by atomic mass is 10.3. The van der Waals surface area contributed by atoms with Crippen LogP contribution in [0.15, 0.2) is 23.1 Å². The van der Waals surface area contributed by atoms with Gasteiger partial charge in [0.05, 0.1) is 5.69 Å². The van der Waals surface area contributed by atoms with Gasteiger partial charge in [-0.05, 0) is 18.2 Å². The van der Waals surface area contributed by atoms with E-state index < -0.39 is 15.0 Å². The Morgan fingerprint density at radius 3 is 2.42 bits per heavy atom. The maximum absolute atomic E-state index is 10.6. The van der Waals surface area contributed by atoms with Gasteiger partial charge in [0.15, 0.2) is 0 Å². The van der Waals surface area contributed by atoms with E-state index in [2.05, 4.69) is 0 Å². The molecule has 0 unspecified atom stereocenters.